The van der Waals surface area contributed by atoms with Crippen LogP contribution in [0, 0.1) is 11.8 Å². The zero-order valence-corrected chi connectivity index (χ0v) is 44.2. The van der Waals surface area contributed by atoms with Gasteiger partial charge in [0.15, 0.2) is 6.10 Å². The first-order chi connectivity index (χ1) is 34.3. The predicted molar refractivity (Wildman–Crippen MR) is 271 cm³/mol. The number of phosphoric acid groups is 2. The van der Waals surface area contributed by atoms with Crippen molar-refractivity contribution < 1.29 is 92.2 Å². The summed E-state index contributed by atoms with van der Waals surface area (Å²) >= 11 is 0. The van der Waals surface area contributed by atoms with Gasteiger partial charge in [-0.05, 0) is 64.2 Å². The molecule has 13 atom stereocenters. The van der Waals surface area contributed by atoms with Crippen molar-refractivity contribution in [1.29, 1.82) is 0 Å². The van der Waals surface area contributed by atoms with Crippen LogP contribution in [0.25, 0.3) is 0 Å². The molecule has 0 radical (unpaired) electrons. The second-order valence-electron chi connectivity index (χ2n) is 18.8. The lowest BCUT2D eigenvalue weighted by molar-refractivity contribution is -0.165. The minimum Gasteiger partial charge on any atom is -0.462 e. The number of allylic oxidation sites excluding steroid dienone is 8. The smallest absolute Gasteiger partial charge is 0.462 e. The van der Waals surface area contributed by atoms with Gasteiger partial charge < -0.3 is 59.9 Å². The molecule has 2 fully saturated rings. The summed E-state index contributed by atoms with van der Waals surface area (Å²) in [4.78, 5) is 56.9. The maximum Gasteiger partial charge on any atom is 0.472 e. The molecule has 1 heterocycles. The van der Waals surface area contributed by atoms with Crippen LogP contribution < -0.4 is 0 Å². The third kappa shape index (κ3) is 28.5. The first kappa shape index (κ1) is 65.7. The number of rotatable bonds is 25. The Balaban J connectivity index is 2.24. The van der Waals surface area contributed by atoms with Gasteiger partial charge in [0.05, 0.1) is 37.1 Å². The van der Waals surface area contributed by atoms with Crippen LogP contribution in [0.3, 0.4) is 0 Å². The Morgan fingerprint density at radius 2 is 1.39 bits per heavy atom. The molecular weight excluding hydrogens is 978 g/mol. The third-order valence-electron chi connectivity index (χ3n) is 12.7. The third-order valence-corrected chi connectivity index (χ3v) is 14.2. The number of hydrogen-bond acceptors (Lipinski definition) is 16. The number of aliphatic hydroxyl groups excluding tert-OH is 7. The number of carbonyl (C=O) groups is 2. The van der Waals surface area contributed by atoms with Crippen molar-refractivity contribution in [3.05, 3.63) is 60.8 Å². The number of esters is 2. The molecular formula is C51H88O19P2. The van der Waals surface area contributed by atoms with Gasteiger partial charge in [0.2, 0.25) is 0 Å². The van der Waals surface area contributed by atoms with Crippen molar-refractivity contribution >= 4 is 27.6 Å². The van der Waals surface area contributed by atoms with E-state index in [1.807, 2.05) is 6.92 Å². The molecule has 0 spiro atoms. The molecule has 1 saturated carbocycles. The van der Waals surface area contributed by atoms with Crippen molar-refractivity contribution in [2.75, 3.05) is 13.2 Å². The van der Waals surface area contributed by atoms with E-state index in [-0.39, 0.29) is 32.1 Å². The molecule has 2 rings (SSSR count). The molecule has 0 aromatic heterocycles. The van der Waals surface area contributed by atoms with E-state index in [4.69, 9.17) is 23.0 Å². The highest BCUT2D eigenvalue weighted by molar-refractivity contribution is 7.47. The van der Waals surface area contributed by atoms with Crippen LogP contribution in [0.2, 0.25) is 0 Å². The molecule has 72 heavy (non-hydrogen) atoms. The van der Waals surface area contributed by atoms with Gasteiger partial charge in [0, 0.05) is 31.1 Å². The van der Waals surface area contributed by atoms with Gasteiger partial charge in [-0.3, -0.25) is 23.2 Å². The van der Waals surface area contributed by atoms with Crippen LogP contribution in [-0.4, -0.2) is 137 Å². The molecule has 1 aliphatic heterocycles. The molecule has 0 aromatic rings. The number of cyclic esters (lactones) is 1. The van der Waals surface area contributed by atoms with E-state index >= 15 is 0 Å². The number of aliphatic hydroxyl groups is 7. The summed E-state index contributed by atoms with van der Waals surface area (Å²) < 4.78 is 52.4. The molecule has 10 N–H and O–H groups in total. The van der Waals surface area contributed by atoms with Crippen molar-refractivity contribution in [3.63, 3.8) is 0 Å². The molecule has 0 amide bonds. The predicted octanol–water partition coefficient (Wildman–Crippen LogP) is 7.00. The SMILES string of the molecule is CC/C=C\C/C=C\C/C=C\C/C=C\CCCCCCCCC(=O)O[C@@H]1COC(=O)CCCCCC[C@@H]2[C@@H](O)[C@H](O)[C@@H](O)[C@H](OP(=O)(O)OC1)[C@H](OP(=O)(O)O)[C@H](O)[C@@H](/C=C/[C@@H](O)CCCCC)[C@H](O)C[C@@H]2O. The summed E-state index contributed by atoms with van der Waals surface area (Å²) in [5.74, 6) is -4.41. The minimum atomic E-state index is -5.77. The van der Waals surface area contributed by atoms with Gasteiger partial charge in [-0.1, -0.05) is 139 Å². The maximum absolute atomic E-state index is 13.8. The number of hydrogen-bond donors (Lipinski definition) is 10. The van der Waals surface area contributed by atoms with Gasteiger partial charge in [-0.2, -0.15) is 0 Å². The Labute approximate surface area is 426 Å². The van der Waals surface area contributed by atoms with Crippen molar-refractivity contribution in [1.82, 2.24) is 0 Å². The van der Waals surface area contributed by atoms with E-state index < -0.39 is 120 Å². The van der Waals surface area contributed by atoms with Crippen LogP contribution in [-0.2, 0) is 41.8 Å². The molecule has 0 aromatic carbocycles. The lowest BCUT2D eigenvalue weighted by Gasteiger charge is -2.39. The molecule has 1 aliphatic carbocycles. The molecule has 416 valence electrons. The standard InChI is InChI=1S/C51H88O19P2/c1-3-5-7-8-9-10-11-12-13-14-15-16-17-18-19-20-21-22-28-32-45(56)68-39-36-66-44(55)31-27-24-23-26-30-40-42(53)35-43(54)41(34-33-38(52)29-25-6-4-2)47(58)50(69-71(61,62)63)51(49(60)48(59)46(40)57)70-72(64,65)67-37-39/h5,7,9-10,12-13,15-16,33-34,38-43,46-54,57-60H,3-4,6,8,11,14,17-32,35-37H2,1-2H3,(H,64,65)(H2,61,62,63)/b7-5-,10-9-,13-12-,16-15-,34-33+/t38-,39+,40-,41-,42-,43+,46+,47+,48-,49+,50+,51-/m0/s1. The minimum absolute atomic E-state index is 0.0294. The fourth-order valence-corrected chi connectivity index (χ4v) is 10.1. The number of carbonyl (C=O) groups excluding carboxylic acids is 2. The normalized spacial score (nSPS) is 31.0. The first-order valence-electron chi connectivity index (χ1n) is 26.1. The quantitative estimate of drug-likeness (QED) is 0.0190. The Morgan fingerprint density at radius 3 is 2.04 bits per heavy atom. The Bertz CT molecular complexity index is 1730. The summed E-state index contributed by atoms with van der Waals surface area (Å²) in [6.45, 7) is 2.49. The molecule has 1 saturated heterocycles. The molecule has 2 bridgehead atoms. The summed E-state index contributed by atoms with van der Waals surface area (Å²) in [6.07, 6.45) is 11.9. The topological polar surface area (TPSA) is 317 Å². The van der Waals surface area contributed by atoms with Crippen LogP contribution >= 0.6 is 15.6 Å². The summed E-state index contributed by atoms with van der Waals surface area (Å²) in [7, 11) is -11.4. The van der Waals surface area contributed by atoms with E-state index in [1.54, 1.807) is 0 Å². The highest BCUT2D eigenvalue weighted by Gasteiger charge is 2.51. The van der Waals surface area contributed by atoms with Crippen molar-refractivity contribution in [2.24, 2.45) is 11.8 Å². The molecule has 19 nitrogen and oxygen atoms in total. The summed E-state index contributed by atoms with van der Waals surface area (Å²) in [6, 6.07) is 0. The highest BCUT2D eigenvalue weighted by Crippen LogP contribution is 2.50. The van der Waals surface area contributed by atoms with E-state index in [0.717, 1.165) is 83.1 Å². The second kappa shape index (κ2) is 37.3. The summed E-state index contributed by atoms with van der Waals surface area (Å²) in [5.41, 5.74) is 0. The second-order valence-corrected chi connectivity index (χ2v) is 21.4. The fraction of sp³-hybridized carbons (Fsp3) is 0.765. The van der Waals surface area contributed by atoms with E-state index in [2.05, 4.69) is 55.5 Å². The number of ether oxygens (including phenoxy) is 2. The van der Waals surface area contributed by atoms with Gasteiger partial charge in [0.1, 0.15) is 31.0 Å². The van der Waals surface area contributed by atoms with Gasteiger partial charge in [0.25, 0.3) is 0 Å². The lowest BCUT2D eigenvalue weighted by Crippen LogP contribution is -2.56. The van der Waals surface area contributed by atoms with Gasteiger partial charge >= 0.3 is 27.6 Å². The molecule has 21 heteroatoms. The van der Waals surface area contributed by atoms with E-state index in [1.165, 1.54) is 6.08 Å². The van der Waals surface area contributed by atoms with Crippen LogP contribution in [0.5, 0.6) is 0 Å². The van der Waals surface area contributed by atoms with Crippen LogP contribution in [0.4, 0.5) is 0 Å². The number of phosphoric ester groups is 2. The zero-order chi connectivity index (χ0) is 53.4. The Hall–Kier alpha value is -2.42. The van der Waals surface area contributed by atoms with Crippen LogP contribution in [0.1, 0.15) is 162 Å². The average molecular weight is 1070 g/mol. The van der Waals surface area contributed by atoms with Crippen LogP contribution in [0.15, 0.2) is 60.8 Å². The summed E-state index contributed by atoms with van der Waals surface area (Å²) in [5, 5.41) is 80.0. The first-order valence-corrected chi connectivity index (χ1v) is 29.1. The zero-order valence-electron chi connectivity index (χ0n) is 42.4. The number of unbranched alkanes of at least 4 members (excludes halogenated alkanes) is 8. The molecule has 1 unspecified atom stereocenters. The number of fused-ring (bicyclic) bond motifs is 4. The van der Waals surface area contributed by atoms with Gasteiger partial charge in [-0.15, -0.1) is 0 Å². The average Bonchev–Trinajstić information content (AvgIpc) is 3.32. The highest BCUT2D eigenvalue weighted by atomic mass is 31.2. The largest absolute Gasteiger partial charge is 0.472 e. The van der Waals surface area contributed by atoms with E-state index in [9.17, 15) is 69.1 Å². The Morgan fingerprint density at radius 1 is 0.764 bits per heavy atom. The maximum atomic E-state index is 13.8. The van der Waals surface area contributed by atoms with Gasteiger partial charge in [-0.25, -0.2) is 9.13 Å². The monoisotopic (exact) mass is 1070 g/mol. The van der Waals surface area contributed by atoms with Crippen molar-refractivity contribution in [2.45, 2.75) is 223 Å². The van der Waals surface area contributed by atoms with E-state index in [0.29, 0.717) is 32.1 Å². The molecule has 2 aliphatic rings. The fourth-order valence-electron chi connectivity index (χ4n) is 8.58. The van der Waals surface area contributed by atoms with Crippen molar-refractivity contribution in [3.8, 4) is 0 Å². The Kier molecular flexibility index (Phi) is 34.1. The lowest BCUT2D eigenvalue weighted by atomic mass is 9.82.